The Labute approximate surface area is 91.9 Å². The van der Waals surface area contributed by atoms with Crippen molar-refractivity contribution in [3.8, 4) is 0 Å². The average molecular weight is 243 g/mol. The predicted molar refractivity (Wildman–Crippen MR) is 50.6 cm³/mol. The van der Waals surface area contributed by atoms with Gasteiger partial charge in [-0.3, -0.25) is 0 Å². The van der Waals surface area contributed by atoms with Crippen LogP contribution in [-0.4, -0.2) is 38.0 Å². The molecule has 0 radical (unpaired) electrons. The first-order valence-electron chi connectivity index (χ1n) is 4.71. The van der Waals surface area contributed by atoms with Crippen LogP contribution in [0.15, 0.2) is 0 Å². The summed E-state index contributed by atoms with van der Waals surface area (Å²) in [6.07, 6.45) is -6.52. The van der Waals surface area contributed by atoms with Gasteiger partial charge in [-0.15, -0.1) is 0 Å². The maximum atomic E-state index is 12.2. The first-order chi connectivity index (χ1) is 7.20. The molecule has 0 aliphatic heterocycles. The minimum Gasteiger partial charge on any atom is -0.463 e. The lowest BCUT2D eigenvalue weighted by Crippen LogP contribution is -2.52. The number of methoxy groups -OCH3 is 1. The lowest BCUT2D eigenvalue weighted by atomic mass is 10.1. The Morgan fingerprint density at radius 2 is 1.88 bits per heavy atom. The molecule has 2 N–H and O–H groups in total. The van der Waals surface area contributed by atoms with E-state index in [0.29, 0.717) is 0 Å². The number of hydrogen-bond donors (Lipinski definition) is 1. The monoisotopic (exact) mass is 243 g/mol. The zero-order valence-electron chi connectivity index (χ0n) is 9.38. The topological polar surface area (TPSA) is 61.5 Å². The van der Waals surface area contributed by atoms with E-state index in [1.807, 2.05) is 0 Å². The zero-order valence-corrected chi connectivity index (χ0v) is 9.38. The van der Waals surface area contributed by atoms with Gasteiger partial charge in [-0.1, -0.05) is 13.8 Å². The van der Waals surface area contributed by atoms with Crippen LogP contribution in [0.5, 0.6) is 0 Å². The average Bonchev–Trinajstić information content (AvgIpc) is 2.14. The molecule has 96 valence electrons. The van der Waals surface area contributed by atoms with Crippen molar-refractivity contribution in [3.63, 3.8) is 0 Å². The van der Waals surface area contributed by atoms with Crippen molar-refractivity contribution in [1.82, 2.24) is 0 Å². The molecule has 0 saturated carbocycles. The summed E-state index contributed by atoms with van der Waals surface area (Å²) >= 11 is 0. The molecular formula is C9H16F3NO3. The minimum absolute atomic E-state index is 0.0310. The summed E-state index contributed by atoms with van der Waals surface area (Å²) < 4.78 is 45.7. The predicted octanol–water partition coefficient (Wildman–Crippen LogP) is 1.09. The summed E-state index contributed by atoms with van der Waals surface area (Å²) in [5.74, 6) is -1.07. The highest BCUT2D eigenvalue weighted by Crippen LogP contribution is 2.22. The number of carbonyl (C=O) groups excluding carboxylic acids is 1. The molecule has 0 rings (SSSR count). The van der Waals surface area contributed by atoms with Crippen LogP contribution in [0.1, 0.15) is 13.8 Å². The van der Waals surface area contributed by atoms with E-state index >= 15 is 0 Å². The third-order valence-corrected chi connectivity index (χ3v) is 1.75. The molecule has 0 aliphatic carbocycles. The van der Waals surface area contributed by atoms with Crippen molar-refractivity contribution in [1.29, 1.82) is 0 Å². The second-order valence-corrected chi connectivity index (χ2v) is 3.75. The molecule has 0 fully saturated rings. The Kier molecular flexibility index (Phi) is 5.74. The summed E-state index contributed by atoms with van der Waals surface area (Å²) in [6, 6.07) is -2.38. The fraction of sp³-hybridized carbons (Fsp3) is 0.889. The lowest BCUT2D eigenvalue weighted by molar-refractivity contribution is -0.190. The largest absolute Gasteiger partial charge is 0.463 e. The molecule has 7 heteroatoms. The summed E-state index contributed by atoms with van der Waals surface area (Å²) in [5.41, 5.74) is 4.86. The highest BCUT2D eigenvalue weighted by atomic mass is 19.4. The first-order valence-corrected chi connectivity index (χ1v) is 4.71. The van der Waals surface area contributed by atoms with E-state index in [4.69, 9.17) is 5.73 Å². The van der Waals surface area contributed by atoms with Crippen molar-refractivity contribution in [2.45, 2.75) is 32.2 Å². The minimum atomic E-state index is -4.70. The molecular weight excluding hydrogens is 227 g/mol. The summed E-state index contributed by atoms with van der Waals surface area (Å²) in [6.45, 7) is 3.56. The van der Waals surface area contributed by atoms with E-state index < -0.39 is 24.3 Å². The quantitative estimate of drug-likeness (QED) is 0.734. The van der Waals surface area contributed by atoms with Gasteiger partial charge < -0.3 is 15.2 Å². The summed E-state index contributed by atoms with van der Waals surface area (Å²) in [5, 5.41) is 0. The summed E-state index contributed by atoms with van der Waals surface area (Å²) in [7, 11) is 0.979. The second-order valence-electron chi connectivity index (χ2n) is 3.75. The first kappa shape index (κ1) is 15.2. The van der Waals surface area contributed by atoms with Crippen molar-refractivity contribution < 1.29 is 27.4 Å². The van der Waals surface area contributed by atoms with E-state index in [1.54, 1.807) is 13.8 Å². The van der Waals surface area contributed by atoms with Crippen LogP contribution in [0.3, 0.4) is 0 Å². The van der Waals surface area contributed by atoms with E-state index in [0.717, 1.165) is 7.11 Å². The van der Waals surface area contributed by atoms with Gasteiger partial charge >= 0.3 is 12.1 Å². The molecule has 0 aromatic rings. The Bertz CT molecular complexity index is 231. The third-order valence-electron chi connectivity index (χ3n) is 1.75. The number of halogens is 3. The maximum Gasteiger partial charge on any atom is 0.406 e. The van der Waals surface area contributed by atoms with E-state index in [-0.39, 0.29) is 12.5 Å². The van der Waals surface area contributed by atoms with Gasteiger partial charge in [0.15, 0.2) is 6.10 Å². The van der Waals surface area contributed by atoms with Gasteiger partial charge in [0.05, 0.1) is 6.61 Å². The number of alkyl halides is 3. The molecule has 0 aromatic heterocycles. The summed E-state index contributed by atoms with van der Waals surface area (Å²) in [4.78, 5) is 11.2. The molecule has 0 aromatic carbocycles. The van der Waals surface area contributed by atoms with Gasteiger partial charge in [0, 0.05) is 7.11 Å². The SMILES string of the molecule is CO[C@H](C(=O)OCC(C)C)[C@H](N)C(F)(F)F. The fourth-order valence-corrected chi connectivity index (χ4v) is 0.892. The smallest absolute Gasteiger partial charge is 0.406 e. The molecule has 0 saturated heterocycles. The molecule has 0 amide bonds. The molecule has 2 atom stereocenters. The van der Waals surface area contributed by atoms with Crippen molar-refractivity contribution in [3.05, 3.63) is 0 Å². The van der Waals surface area contributed by atoms with Crippen LogP contribution >= 0.6 is 0 Å². The molecule has 0 spiro atoms. The standard InChI is InChI=1S/C9H16F3NO3/c1-5(2)4-16-8(14)6(15-3)7(13)9(10,11)12/h5-7H,4,13H2,1-3H3/t6-,7-/m0/s1. The van der Waals surface area contributed by atoms with Crippen LogP contribution in [0, 0.1) is 5.92 Å². The Hall–Kier alpha value is -0.820. The highest BCUT2D eigenvalue weighted by molar-refractivity contribution is 5.75. The lowest BCUT2D eigenvalue weighted by Gasteiger charge is -2.23. The maximum absolute atomic E-state index is 12.2. The van der Waals surface area contributed by atoms with Crippen LogP contribution in [0.2, 0.25) is 0 Å². The van der Waals surface area contributed by atoms with Gasteiger partial charge in [-0.25, -0.2) is 4.79 Å². The van der Waals surface area contributed by atoms with Crippen LogP contribution < -0.4 is 5.73 Å². The Balaban J connectivity index is 4.43. The number of carbonyl (C=O) groups is 1. The van der Waals surface area contributed by atoms with Gasteiger partial charge in [0.2, 0.25) is 0 Å². The molecule has 0 aliphatic rings. The van der Waals surface area contributed by atoms with Gasteiger partial charge in [-0.2, -0.15) is 13.2 Å². The molecule has 0 unspecified atom stereocenters. The van der Waals surface area contributed by atoms with Crippen molar-refractivity contribution in [2.75, 3.05) is 13.7 Å². The Morgan fingerprint density at radius 3 is 2.19 bits per heavy atom. The van der Waals surface area contributed by atoms with E-state index in [1.165, 1.54) is 0 Å². The van der Waals surface area contributed by atoms with Gasteiger partial charge in [-0.05, 0) is 5.92 Å². The van der Waals surface area contributed by atoms with Crippen molar-refractivity contribution in [2.24, 2.45) is 11.7 Å². The van der Waals surface area contributed by atoms with Crippen LogP contribution in [-0.2, 0) is 14.3 Å². The number of hydrogen-bond acceptors (Lipinski definition) is 4. The van der Waals surface area contributed by atoms with Gasteiger partial charge in [0.1, 0.15) is 6.04 Å². The van der Waals surface area contributed by atoms with Crippen LogP contribution in [0.25, 0.3) is 0 Å². The van der Waals surface area contributed by atoms with Gasteiger partial charge in [0.25, 0.3) is 0 Å². The molecule has 16 heavy (non-hydrogen) atoms. The third kappa shape index (κ3) is 4.80. The number of ether oxygens (including phenoxy) is 2. The molecule has 4 nitrogen and oxygen atoms in total. The van der Waals surface area contributed by atoms with E-state index in [9.17, 15) is 18.0 Å². The highest BCUT2D eigenvalue weighted by Gasteiger charge is 2.46. The fourth-order valence-electron chi connectivity index (χ4n) is 0.892. The van der Waals surface area contributed by atoms with E-state index in [2.05, 4.69) is 9.47 Å². The van der Waals surface area contributed by atoms with Crippen LogP contribution in [0.4, 0.5) is 13.2 Å². The number of nitrogens with two attached hydrogens (primary N) is 1. The second kappa shape index (κ2) is 6.05. The zero-order chi connectivity index (χ0) is 12.9. The number of rotatable bonds is 5. The normalized spacial score (nSPS) is 16.0. The molecule has 0 bridgehead atoms. The Morgan fingerprint density at radius 1 is 1.38 bits per heavy atom. The van der Waals surface area contributed by atoms with Crippen molar-refractivity contribution >= 4 is 5.97 Å². The molecule has 0 heterocycles. The number of esters is 1.